The molecule has 0 radical (unpaired) electrons. The van der Waals surface area contributed by atoms with Crippen LogP contribution in [0.1, 0.15) is 5.56 Å². The molecule has 0 atom stereocenters. The van der Waals surface area contributed by atoms with Gasteiger partial charge in [0.25, 0.3) is 0 Å². The number of hydrogen-bond acceptors (Lipinski definition) is 9. The molecule has 1 heterocycles. The second kappa shape index (κ2) is 14.0. The van der Waals surface area contributed by atoms with E-state index < -0.39 is 40.8 Å². The molecule has 37 heavy (non-hydrogen) atoms. The molecule has 4 N–H and O–H groups in total. The molecule has 0 aliphatic heterocycles. The van der Waals surface area contributed by atoms with Crippen molar-refractivity contribution in [3.05, 3.63) is 63.4 Å². The molecule has 2 aromatic carbocycles. The Kier molecular flexibility index (Phi) is 10.7. The van der Waals surface area contributed by atoms with Gasteiger partial charge in [-0.25, -0.2) is 13.2 Å². The van der Waals surface area contributed by atoms with E-state index in [0.29, 0.717) is 26.4 Å². The summed E-state index contributed by atoms with van der Waals surface area (Å²) in [5.74, 6) is -12.7. The fourth-order valence-electron chi connectivity index (χ4n) is 2.79. The van der Waals surface area contributed by atoms with Crippen molar-refractivity contribution < 1.29 is 36.2 Å². The van der Waals surface area contributed by atoms with E-state index in [1.54, 1.807) is 6.07 Å². The van der Waals surface area contributed by atoms with Crippen LogP contribution >= 0.6 is 15.9 Å². The number of ether oxygens (including phenoxy) is 3. The zero-order valence-corrected chi connectivity index (χ0v) is 20.8. The van der Waals surface area contributed by atoms with Gasteiger partial charge in [0.15, 0.2) is 0 Å². The van der Waals surface area contributed by atoms with Crippen LogP contribution in [0.25, 0.3) is 0 Å². The first-order valence-electron chi connectivity index (χ1n) is 10.8. The number of halogens is 6. The molecular weight excluding hydrogens is 571 g/mol. The van der Waals surface area contributed by atoms with Crippen LogP contribution in [0.4, 0.5) is 33.8 Å². The van der Waals surface area contributed by atoms with Gasteiger partial charge in [0.2, 0.25) is 46.7 Å². The third kappa shape index (κ3) is 8.18. The van der Waals surface area contributed by atoms with Gasteiger partial charge >= 0.3 is 6.01 Å². The lowest BCUT2D eigenvalue weighted by atomic mass is 10.2. The van der Waals surface area contributed by atoms with Crippen molar-refractivity contribution in [3.63, 3.8) is 0 Å². The predicted molar refractivity (Wildman–Crippen MR) is 127 cm³/mol. The Morgan fingerprint density at radius 3 is 2.05 bits per heavy atom. The lowest BCUT2D eigenvalue weighted by Crippen LogP contribution is -2.16. The van der Waals surface area contributed by atoms with Crippen molar-refractivity contribution in [2.24, 2.45) is 5.73 Å². The summed E-state index contributed by atoms with van der Waals surface area (Å²) in [4.78, 5) is 11.9. The number of rotatable bonds is 14. The topological polar surface area (TPSA) is 116 Å². The molecule has 0 fully saturated rings. The highest BCUT2D eigenvalue weighted by molar-refractivity contribution is 9.10. The predicted octanol–water partition coefficient (Wildman–Crippen LogP) is 4.14. The van der Waals surface area contributed by atoms with Crippen LogP contribution in [0.5, 0.6) is 11.8 Å². The van der Waals surface area contributed by atoms with Crippen molar-refractivity contribution >= 4 is 27.8 Å². The summed E-state index contributed by atoms with van der Waals surface area (Å²) in [5.41, 5.74) is 6.15. The molecule has 0 saturated heterocycles. The number of aromatic nitrogens is 3. The van der Waals surface area contributed by atoms with E-state index in [1.807, 2.05) is 18.2 Å². The molecular formula is C22H22BrF5N6O3. The monoisotopic (exact) mass is 592 g/mol. The van der Waals surface area contributed by atoms with Gasteiger partial charge in [-0.05, 0) is 17.7 Å². The lowest BCUT2D eigenvalue weighted by Gasteiger charge is -2.12. The van der Waals surface area contributed by atoms with Crippen LogP contribution in [0.15, 0.2) is 28.7 Å². The Morgan fingerprint density at radius 2 is 1.41 bits per heavy atom. The second-order valence-electron chi connectivity index (χ2n) is 7.19. The van der Waals surface area contributed by atoms with E-state index in [-0.39, 0.29) is 31.6 Å². The van der Waals surface area contributed by atoms with Gasteiger partial charge in [-0.3, -0.25) is 0 Å². The molecule has 3 rings (SSSR count). The van der Waals surface area contributed by atoms with Crippen LogP contribution in [0.3, 0.4) is 0 Å². The van der Waals surface area contributed by atoms with Gasteiger partial charge in [0.1, 0.15) is 0 Å². The molecule has 0 bridgehead atoms. The molecule has 0 aliphatic carbocycles. The van der Waals surface area contributed by atoms with E-state index >= 15 is 0 Å². The number of nitrogens with one attached hydrogen (secondary N) is 2. The minimum absolute atomic E-state index is 0.0903. The van der Waals surface area contributed by atoms with Crippen LogP contribution < -0.4 is 21.1 Å². The maximum Gasteiger partial charge on any atom is 0.328 e. The third-order valence-corrected chi connectivity index (χ3v) is 4.97. The van der Waals surface area contributed by atoms with Crippen LogP contribution in [-0.2, 0) is 16.0 Å². The van der Waals surface area contributed by atoms with Gasteiger partial charge in [-0.2, -0.15) is 23.7 Å². The van der Waals surface area contributed by atoms with E-state index in [9.17, 15) is 22.0 Å². The van der Waals surface area contributed by atoms with Gasteiger partial charge in [0, 0.05) is 24.1 Å². The van der Waals surface area contributed by atoms with Gasteiger partial charge in [-0.1, -0.05) is 28.1 Å². The van der Waals surface area contributed by atoms with Gasteiger partial charge in [-0.15, -0.1) is 0 Å². The largest absolute Gasteiger partial charge is 0.418 e. The smallest absolute Gasteiger partial charge is 0.328 e. The fraction of sp³-hybridized carbons (Fsp3) is 0.318. The highest BCUT2D eigenvalue weighted by atomic mass is 79.9. The van der Waals surface area contributed by atoms with Gasteiger partial charge < -0.3 is 30.6 Å². The average molecular weight is 593 g/mol. The maximum atomic E-state index is 14.1. The average Bonchev–Trinajstić information content (AvgIpc) is 2.89. The number of anilines is 2. The second-order valence-corrected chi connectivity index (χ2v) is 8.11. The quantitative estimate of drug-likeness (QED) is 0.110. The summed E-state index contributed by atoms with van der Waals surface area (Å²) in [6.07, 6.45) is 0. The molecule has 15 heteroatoms. The van der Waals surface area contributed by atoms with E-state index in [4.69, 9.17) is 19.9 Å². The third-order valence-electron chi connectivity index (χ3n) is 4.48. The van der Waals surface area contributed by atoms with Crippen molar-refractivity contribution in [2.45, 2.75) is 6.54 Å². The number of hydrogen-bond donors (Lipinski definition) is 3. The summed E-state index contributed by atoms with van der Waals surface area (Å²) >= 11 is 3.35. The molecule has 0 amide bonds. The van der Waals surface area contributed by atoms with E-state index in [2.05, 4.69) is 41.5 Å². The molecule has 0 unspecified atom stereocenters. The minimum Gasteiger partial charge on any atom is -0.418 e. The first kappa shape index (κ1) is 28.4. The molecule has 200 valence electrons. The van der Waals surface area contributed by atoms with E-state index in [1.165, 1.54) is 0 Å². The normalized spacial score (nSPS) is 11.0. The Hall–Kier alpha value is -3.14. The van der Waals surface area contributed by atoms with Crippen LogP contribution in [0.2, 0.25) is 0 Å². The summed E-state index contributed by atoms with van der Waals surface area (Å²) < 4.78 is 85.0. The van der Waals surface area contributed by atoms with Crippen molar-refractivity contribution in [1.82, 2.24) is 15.0 Å². The first-order valence-corrected chi connectivity index (χ1v) is 11.6. The minimum atomic E-state index is -2.31. The fourth-order valence-corrected chi connectivity index (χ4v) is 3.24. The van der Waals surface area contributed by atoms with Crippen molar-refractivity contribution in [2.75, 3.05) is 50.2 Å². The number of nitrogens with two attached hydrogens (primary N) is 1. The summed E-state index contributed by atoms with van der Waals surface area (Å²) in [7, 11) is 0. The summed E-state index contributed by atoms with van der Waals surface area (Å²) in [6, 6.07) is 6.57. The summed E-state index contributed by atoms with van der Waals surface area (Å²) in [5, 5.41) is 5.70. The zero-order valence-electron chi connectivity index (χ0n) is 19.2. The zero-order chi connectivity index (χ0) is 26.8. The Bertz CT molecular complexity index is 1180. The van der Waals surface area contributed by atoms with Crippen LogP contribution in [-0.4, -0.2) is 54.5 Å². The number of nitrogens with zero attached hydrogens (tertiary/aromatic N) is 3. The highest BCUT2D eigenvalue weighted by Crippen LogP contribution is 2.32. The molecule has 0 saturated carbocycles. The lowest BCUT2D eigenvalue weighted by molar-refractivity contribution is 0.0547. The Morgan fingerprint density at radius 1 is 0.784 bits per heavy atom. The SMILES string of the molecule is NCCOCCOCCNc1nc(NCc2cccc(Br)c2)nc(Oc2c(F)c(F)c(F)c(F)c2F)n1. The van der Waals surface area contributed by atoms with Crippen molar-refractivity contribution in [1.29, 1.82) is 0 Å². The molecule has 3 aromatic rings. The van der Waals surface area contributed by atoms with Crippen LogP contribution in [0, 0.1) is 29.1 Å². The summed E-state index contributed by atoms with van der Waals surface area (Å²) in [6.45, 7) is 2.12. The Labute approximate surface area is 216 Å². The molecule has 9 nitrogen and oxygen atoms in total. The maximum absolute atomic E-state index is 14.1. The van der Waals surface area contributed by atoms with E-state index in [0.717, 1.165) is 10.0 Å². The number of benzene rings is 2. The van der Waals surface area contributed by atoms with Crippen molar-refractivity contribution in [3.8, 4) is 11.8 Å². The molecule has 0 aliphatic rings. The molecule has 0 spiro atoms. The molecule has 1 aromatic heterocycles. The van der Waals surface area contributed by atoms with Gasteiger partial charge in [0.05, 0.1) is 26.4 Å². The standard InChI is InChI=1S/C22H22BrF5N6O3/c23-13-3-1-2-12(10-13)11-31-21-32-20(30-5-7-36-9-8-35-6-4-29)33-22(34-21)37-19-17(27)15(25)14(24)16(26)18(19)28/h1-3,10H,4-9,11,29H2,(H2,30,31,32,33,34). The Balaban J connectivity index is 1.76. The highest BCUT2D eigenvalue weighted by Gasteiger charge is 2.28. The first-order chi connectivity index (χ1) is 17.8.